The monoisotopic (exact) mass is 407 g/mol. The van der Waals surface area contributed by atoms with Crippen LogP contribution in [-0.4, -0.2) is 35.6 Å². The SMILES string of the molecule is CNC(=O)c1cc2nc(N3CCCCC3)n(Cc3ccccc3C#N)c(=O)c2s1. The van der Waals surface area contributed by atoms with E-state index >= 15 is 0 Å². The predicted molar refractivity (Wildman–Crippen MR) is 114 cm³/mol. The number of rotatable bonds is 4. The van der Waals surface area contributed by atoms with Crippen molar-refractivity contribution in [2.45, 2.75) is 25.8 Å². The van der Waals surface area contributed by atoms with Crippen LogP contribution in [-0.2, 0) is 6.54 Å². The fraction of sp³-hybridized carbons (Fsp3) is 0.333. The minimum absolute atomic E-state index is 0.177. The van der Waals surface area contributed by atoms with Crippen molar-refractivity contribution < 1.29 is 4.79 Å². The van der Waals surface area contributed by atoms with Crippen LogP contribution in [0.4, 0.5) is 5.95 Å². The second-order valence-electron chi connectivity index (χ2n) is 7.02. The Morgan fingerprint density at radius 2 is 2.03 bits per heavy atom. The number of nitriles is 1. The average Bonchev–Trinajstić information content (AvgIpc) is 3.20. The van der Waals surface area contributed by atoms with E-state index in [1.165, 1.54) is 6.42 Å². The highest BCUT2D eigenvalue weighted by atomic mass is 32.1. The topological polar surface area (TPSA) is 91.0 Å². The molecule has 7 nitrogen and oxygen atoms in total. The van der Waals surface area contributed by atoms with Crippen molar-refractivity contribution in [2.24, 2.45) is 0 Å². The van der Waals surface area contributed by atoms with Crippen LogP contribution in [0.1, 0.15) is 40.1 Å². The maximum atomic E-state index is 13.4. The van der Waals surface area contributed by atoms with E-state index in [9.17, 15) is 14.9 Å². The number of nitrogens with one attached hydrogen (secondary N) is 1. The zero-order valence-corrected chi connectivity index (χ0v) is 17.0. The first kappa shape index (κ1) is 19.2. The number of hydrogen-bond acceptors (Lipinski definition) is 6. The molecule has 0 atom stereocenters. The molecule has 1 aliphatic heterocycles. The van der Waals surface area contributed by atoms with Gasteiger partial charge in [0.2, 0.25) is 5.95 Å². The summed E-state index contributed by atoms with van der Waals surface area (Å²) < 4.78 is 2.10. The van der Waals surface area contributed by atoms with Crippen molar-refractivity contribution in [3.05, 3.63) is 56.7 Å². The molecule has 1 N–H and O–H groups in total. The third kappa shape index (κ3) is 3.61. The van der Waals surface area contributed by atoms with E-state index in [1.807, 2.05) is 18.2 Å². The summed E-state index contributed by atoms with van der Waals surface area (Å²) in [6.45, 7) is 1.94. The van der Waals surface area contributed by atoms with Crippen LogP contribution in [0.25, 0.3) is 10.2 Å². The fourth-order valence-electron chi connectivity index (χ4n) is 3.65. The summed E-state index contributed by atoms with van der Waals surface area (Å²) in [5.74, 6) is 0.379. The van der Waals surface area contributed by atoms with Gasteiger partial charge in [-0.1, -0.05) is 18.2 Å². The van der Waals surface area contributed by atoms with Crippen LogP contribution in [0.5, 0.6) is 0 Å². The lowest BCUT2D eigenvalue weighted by molar-refractivity contribution is 0.0967. The number of benzene rings is 1. The molecular formula is C21H21N5O2S. The molecule has 2 aromatic heterocycles. The van der Waals surface area contributed by atoms with E-state index in [2.05, 4.69) is 16.3 Å². The van der Waals surface area contributed by atoms with Gasteiger partial charge in [0, 0.05) is 20.1 Å². The lowest BCUT2D eigenvalue weighted by Crippen LogP contribution is -2.36. The Balaban J connectivity index is 1.89. The van der Waals surface area contributed by atoms with E-state index in [0.717, 1.165) is 42.8 Å². The number of hydrogen-bond donors (Lipinski definition) is 1. The average molecular weight is 407 g/mol. The Kier molecular flexibility index (Phi) is 5.32. The van der Waals surface area contributed by atoms with Gasteiger partial charge >= 0.3 is 0 Å². The van der Waals surface area contributed by atoms with Crippen LogP contribution in [0, 0.1) is 11.3 Å². The molecule has 0 saturated carbocycles. The van der Waals surface area contributed by atoms with Crippen molar-refractivity contribution in [3.63, 3.8) is 0 Å². The number of fused-ring (bicyclic) bond motifs is 1. The van der Waals surface area contributed by atoms with Gasteiger partial charge in [0.1, 0.15) is 4.70 Å². The number of aromatic nitrogens is 2. The van der Waals surface area contributed by atoms with Gasteiger partial charge in [0.15, 0.2) is 0 Å². The molecule has 8 heteroatoms. The molecule has 1 fully saturated rings. The fourth-order valence-corrected chi connectivity index (χ4v) is 4.64. The minimum atomic E-state index is -0.228. The lowest BCUT2D eigenvalue weighted by atomic mass is 10.1. The molecule has 0 spiro atoms. The number of nitrogens with zero attached hydrogens (tertiary/aromatic N) is 4. The highest BCUT2D eigenvalue weighted by Crippen LogP contribution is 2.26. The highest BCUT2D eigenvalue weighted by Gasteiger charge is 2.22. The molecule has 1 aromatic carbocycles. The third-order valence-electron chi connectivity index (χ3n) is 5.17. The van der Waals surface area contributed by atoms with Crippen molar-refractivity contribution in [1.82, 2.24) is 14.9 Å². The molecule has 3 aromatic rings. The maximum absolute atomic E-state index is 13.4. The summed E-state index contributed by atoms with van der Waals surface area (Å²) in [6, 6.07) is 11.2. The summed E-state index contributed by atoms with van der Waals surface area (Å²) in [4.78, 5) is 32.9. The van der Waals surface area contributed by atoms with Crippen molar-refractivity contribution in [3.8, 4) is 6.07 Å². The molecule has 148 valence electrons. The molecule has 1 aliphatic rings. The van der Waals surface area contributed by atoms with Crippen LogP contribution in [0.2, 0.25) is 0 Å². The van der Waals surface area contributed by atoms with Crippen LogP contribution < -0.4 is 15.8 Å². The molecule has 0 bridgehead atoms. The second kappa shape index (κ2) is 8.05. The Bertz CT molecular complexity index is 1170. The molecule has 0 aliphatic carbocycles. The van der Waals surface area contributed by atoms with Gasteiger partial charge in [0.25, 0.3) is 11.5 Å². The number of thiophene rings is 1. The number of piperidine rings is 1. The number of amides is 1. The third-order valence-corrected chi connectivity index (χ3v) is 6.28. The normalized spacial score (nSPS) is 14.0. The minimum Gasteiger partial charge on any atom is -0.354 e. The molecular weight excluding hydrogens is 386 g/mol. The van der Waals surface area contributed by atoms with Gasteiger partial charge in [-0.05, 0) is 37.0 Å². The maximum Gasteiger partial charge on any atom is 0.273 e. The zero-order valence-electron chi connectivity index (χ0n) is 16.1. The van der Waals surface area contributed by atoms with Gasteiger partial charge < -0.3 is 10.2 Å². The van der Waals surface area contributed by atoms with Crippen LogP contribution in [0.15, 0.2) is 35.1 Å². The van der Waals surface area contributed by atoms with Crippen LogP contribution in [0.3, 0.4) is 0 Å². The quantitative estimate of drug-likeness (QED) is 0.718. The van der Waals surface area contributed by atoms with E-state index in [-0.39, 0.29) is 18.0 Å². The van der Waals surface area contributed by atoms with E-state index in [1.54, 1.807) is 23.7 Å². The van der Waals surface area contributed by atoms with E-state index < -0.39 is 0 Å². The van der Waals surface area contributed by atoms with Crippen molar-refractivity contribution in [1.29, 1.82) is 5.26 Å². The summed E-state index contributed by atoms with van der Waals surface area (Å²) in [5, 5.41) is 12.0. The molecule has 0 unspecified atom stereocenters. The van der Waals surface area contributed by atoms with Crippen LogP contribution >= 0.6 is 11.3 Å². The second-order valence-corrected chi connectivity index (χ2v) is 8.08. The predicted octanol–water partition coefficient (Wildman–Crippen LogP) is 2.73. The van der Waals surface area contributed by atoms with Gasteiger partial charge in [0.05, 0.1) is 28.6 Å². The zero-order chi connectivity index (χ0) is 20.4. The standard InChI is InChI=1S/C21H21N5O2S/c1-23-19(27)17-11-16-18(29-17)20(28)26(13-15-8-4-3-7-14(15)12-22)21(24-16)25-9-5-2-6-10-25/h3-4,7-8,11H,2,5-6,9-10,13H2,1H3,(H,23,27). The molecule has 0 radical (unpaired) electrons. The highest BCUT2D eigenvalue weighted by molar-refractivity contribution is 7.20. The van der Waals surface area contributed by atoms with Gasteiger partial charge in [-0.15, -0.1) is 11.3 Å². The Morgan fingerprint density at radius 3 is 2.76 bits per heavy atom. The number of carbonyl (C=O) groups is 1. The number of anilines is 1. The first-order valence-corrected chi connectivity index (χ1v) is 10.4. The van der Waals surface area contributed by atoms with Gasteiger partial charge in [-0.3, -0.25) is 14.2 Å². The Labute approximate surface area is 172 Å². The summed E-state index contributed by atoms with van der Waals surface area (Å²) in [5.41, 5.74) is 1.69. The first-order valence-electron chi connectivity index (χ1n) is 9.62. The molecule has 1 amide bonds. The van der Waals surface area contributed by atoms with Crippen molar-refractivity contribution >= 4 is 33.4 Å². The summed E-state index contributed by atoms with van der Waals surface area (Å²) in [7, 11) is 1.57. The smallest absolute Gasteiger partial charge is 0.273 e. The lowest BCUT2D eigenvalue weighted by Gasteiger charge is -2.29. The van der Waals surface area contributed by atoms with Gasteiger partial charge in [-0.25, -0.2) is 4.98 Å². The number of carbonyl (C=O) groups excluding carboxylic acids is 1. The molecule has 1 saturated heterocycles. The first-order chi connectivity index (χ1) is 14.1. The van der Waals surface area contributed by atoms with E-state index in [0.29, 0.717) is 26.6 Å². The molecule has 3 heterocycles. The molecule has 29 heavy (non-hydrogen) atoms. The summed E-state index contributed by atoms with van der Waals surface area (Å²) in [6.07, 6.45) is 3.27. The molecule has 4 rings (SSSR count). The van der Waals surface area contributed by atoms with Gasteiger partial charge in [-0.2, -0.15) is 5.26 Å². The van der Waals surface area contributed by atoms with Crippen molar-refractivity contribution in [2.75, 3.05) is 25.0 Å². The largest absolute Gasteiger partial charge is 0.354 e. The Morgan fingerprint density at radius 1 is 1.28 bits per heavy atom. The Hall–Kier alpha value is -3.18. The van der Waals surface area contributed by atoms with E-state index in [4.69, 9.17) is 4.98 Å². The summed E-state index contributed by atoms with van der Waals surface area (Å²) >= 11 is 1.16.